The normalized spacial score (nSPS) is 18.8. The van der Waals surface area contributed by atoms with Crippen molar-refractivity contribution in [1.82, 2.24) is 19.7 Å². The van der Waals surface area contributed by atoms with Gasteiger partial charge in [-0.05, 0) is 12.8 Å². The number of hydrogen-bond acceptors (Lipinski definition) is 5. The molecule has 1 unspecified atom stereocenters. The molecule has 1 aliphatic rings. The first-order valence-corrected chi connectivity index (χ1v) is 7.31. The molecule has 1 amide bonds. The number of aromatic nitrogens is 4. The lowest BCUT2D eigenvalue weighted by atomic mass is 10.0. The third kappa shape index (κ3) is 3.31. The Bertz CT molecular complexity index is 744. The van der Waals surface area contributed by atoms with Crippen molar-refractivity contribution in [2.75, 3.05) is 16.8 Å². The molecule has 7 nitrogen and oxygen atoms in total. The summed E-state index contributed by atoms with van der Waals surface area (Å²) >= 11 is 0. The maximum Gasteiger partial charge on any atom is 0.434 e. The number of amides is 1. The molecule has 2 aromatic rings. The average molecular weight is 340 g/mol. The molecular weight excluding hydrogens is 325 g/mol. The molecule has 24 heavy (non-hydrogen) atoms. The summed E-state index contributed by atoms with van der Waals surface area (Å²) in [6.07, 6.45) is 0.155. The van der Waals surface area contributed by atoms with Gasteiger partial charge in [-0.15, -0.1) is 0 Å². The highest BCUT2D eigenvalue weighted by Crippen LogP contribution is 2.28. The van der Waals surface area contributed by atoms with Crippen LogP contribution in [0.5, 0.6) is 0 Å². The summed E-state index contributed by atoms with van der Waals surface area (Å²) in [5.41, 5.74) is -1.10. The number of carbonyl (C=O) groups excluding carboxylic acids is 1. The number of halogens is 3. The minimum atomic E-state index is -4.58. The van der Waals surface area contributed by atoms with Gasteiger partial charge in [-0.25, -0.2) is 4.98 Å². The predicted molar refractivity (Wildman–Crippen MR) is 79.2 cm³/mol. The fourth-order valence-corrected chi connectivity index (χ4v) is 2.53. The first-order chi connectivity index (χ1) is 11.3. The summed E-state index contributed by atoms with van der Waals surface area (Å²) in [6, 6.07) is 1.04. The Morgan fingerprint density at radius 2 is 2.12 bits per heavy atom. The van der Waals surface area contributed by atoms with Crippen molar-refractivity contribution in [2.45, 2.75) is 25.1 Å². The van der Waals surface area contributed by atoms with E-state index in [1.807, 2.05) is 0 Å². The minimum Gasteiger partial charge on any atom is -0.357 e. The van der Waals surface area contributed by atoms with Crippen molar-refractivity contribution < 1.29 is 18.0 Å². The van der Waals surface area contributed by atoms with Crippen LogP contribution < -0.4 is 10.2 Å². The van der Waals surface area contributed by atoms with E-state index >= 15 is 0 Å². The van der Waals surface area contributed by atoms with Gasteiger partial charge in [0.25, 0.3) is 5.91 Å². The highest BCUT2D eigenvalue weighted by atomic mass is 19.4. The molecule has 1 fully saturated rings. The van der Waals surface area contributed by atoms with Crippen molar-refractivity contribution in [3.63, 3.8) is 0 Å². The quantitative estimate of drug-likeness (QED) is 0.923. The number of nitrogens with one attached hydrogen (secondary N) is 1. The number of rotatable bonds is 3. The number of anilines is 2. The molecule has 3 heterocycles. The van der Waals surface area contributed by atoms with Crippen LogP contribution in [-0.2, 0) is 18.0 Å². The molecule has 1 saturated heterocycles. The van der Waals surface area contributed by atoms with Crippen LogP contribution >= 0.6 is 0 Å². The zero-order valence-corrected chi connectivity index (χ0v) is 12.8. The monoisotopic (exact) mass is 340 g/mol. The molecule has 3 rings (SSSR count). The molecule has 2 aromatic heterocycles. The van der Waals surface area contributed by atoms with Crippen LogP contribution in [0.3, 0.4) is 0 Å². The van der Waals surface area contributed by atoms with Gasteiger partial charge in [0.05, 0.1) is 12.4 Å². The van der Waals surface area contributed by atoms with E-state index in [9.17, 15) is 18.0 Å². The van der Waals surface area contributed by atoms with Crippen molar-refractivity contribution in [3.05, 3.63) is 30.4 Å². The van der Waals surface area contributed by atoms with Gasteiger partial charge in [0.1, 0.15) is 11.9 Å². The molecule has 1 aliphatic heterocycles. The minimum absolute atomic E-state index is 0.0777. The summed E-state index contributed by atoms with van der Waals surface area (Å²) in [5.74, 6) is 0.189. The SMILES string of the molecule is Cn1ccc(N2CCCC(Nc3cncc(C(F)(F)F)n3)C2=O)n1. The lowest BCUT2D eigenvalue weighted by molar-refractivity contribution is -0.141. The maximum atomic E-state index is 12.7. The highest BCUT2D eigenvalue weighted by molar-refractivity contribution is 5.98. The standard InChI is InChI=1S/C14H15F3N6O/c1-22-6-4-12(21-22)23-5-2-3-9(13(23)24)19-11-8-18-7-10(20-11)14(15,16)17/h4,6-9H,2-3,5H2,1H3,(H,19,20). The topological polar surface area (TPSA) is 75.9 Å². The third-order valence-electron chi connectivity index (χ3n) is 3.66. The molecule has 0 aromatic carbocycles. The van der Waals surface area contributed by atoms with Crippen LogP contribution in [0.25, 0.3) is 0 Å². The van der Waals surface area contributed by atoms with Crippen molar-refractivity contribution in [2.24, 2.45) is 7.05 Å². The first kappa shape index (κ1) is 16.2. The Morgan fingerprint density at radius 3 is 2.79 bits per heavy atom. The number of aryl methyl sites for hydroxylation is 1. The highest BCUT2D eigenvalue weighted by Gasteiger charge is 2.34. The molecule has 0 bridgehead atoms. The third-order valence-corrected chi connectivity index (χ3v) is 3.66. The summed E-state index contributed by atoms with van der Waals surface area (Å²) in [6.45, 7) is 0.516. The Balaban J connectivity index is 1.76. The van der Waals surface area contributed by atoms with Gasteiger partial charge in [-0.3, -0.25) is 19.4 Å². The Kier molecular flexibility index (Phi) is 4.12. The summed E-state index contributed by atoms with van der Waals surface area (Å²) < 4.78 is 39.7. The molecular formula is C14H15F3N6O. The van der Waals surface area contributed by atoms with Crippen LogP contribution in [0.4, 0.5) is 24.8 Å². The van der Waals surface area contributed by atoms with Gasteiger partial charge in [0, 0.05) is 25.9 Å². The Labute approximate surface area is 135 Å². The number of alkyl halides is 3. The molecule has 10 heteroatoms. The van der Waals surface area contributed by atoms with E-state index in [0.717, 1.165) is 0 Å². The second-order valence-corrected chi connectivity index (χ2v) is 5.46. The van der Waals surface area contributed by atoms with Crippen molar-refractivity contribution in [3.8, 4) is 0 Å². The van der Waals surface area contributed by atoms with Crippen molar-refractivity contribution in [1.29, 1.82) is 0 Å². The van der Waals surface area contributed by atoms with Crippen LogP contribution in [0.2, 0.25) is 0 Å². The Morgan fingerprint density at radius 1 is 1.33 bits per heavy atom. The van der Waals surface area contributed by atoms with E-state index in [-0.39, 0.29) is 11.7 Å². The van der Waals surface area contributed by atoms with Gasteiger partial charge in [-0.2, -0.15) is 18.3 Å². The molecule has 1 N–H and O–H groups in total. The first-order valence-electron chi connectivity index (χ1n) is 7.31. The van der Waals surface area contributed by atoms with Gasteiger partial charge in [0.15, 0.2) is 11.5 Å². The summed E-state index contributed by atoms with van der Waals surface area (Å²) in [4.78, 5) is 21.1. The Hall–Kier alpha value is -2.65. The fraction of sp³-hybridized carbons (Fsp3) is 0.429. The van der Waals surface area contributed by atoms with E-state index in [2.05, 4.69) is 20.4 Å². The van der Waals surface area contributed by atoms with Gasteiger partial charge < -0.3 is 5.32 Å². The molecule has 0 saturated carbocycles. The van der Waals surface area contributed by atoms with E-state index in [4.69, 9.17) is 0 Å². The second kappa shape index (κ2) is 6.10. The zero-order valence-electron chi connectivity index (χ0n) is 12.8. The fourth-order valence-electron chi connectivity index (χ4n) is 2.53. The number of hydrogen-bond donors (Lipinski definition) is 1. The lowest BCUT2D eigenvalue weighted by Gasteiger charge is -2.31. The zero-order chi connectivity index (χ0) is 17.3. The largest absolute Gasteiger partial charge is 0.434 e. The van der Waals surface area contributed by atoms with E-state index < -0.39 is 17.9 Å². The van der Waals surface area contributed by atoms with Crippen molar-refractivity contribution >= 4 is 17.5 Å². The predicted octanol–water partition coefficient (Wildman–Crippen LogP) is 1.84. The van der Waals surface area contributed by atoms with Gasteiger partial charge in [-0.1, -0.05) is 0 Å². The maximum absolute atomic E-state index is 12.7. The molecule has 0 radical (unpaired) electrons. The summed E-state index contributed by atoms with van der Waals surface area (Å²) in [7, 11) is 1.74. The second-order valence-electron chi connectivity index (χ2n) is 5.46. The smallest absolute Gasteiger partial charge is 0.357 e. The van der Waals surface area contributed by atoms with Crippen LogP contribution in [0.1, 0.15) is 18.5 Å². The summed E-state index contributed by atoms with van der Waals surface area (Å²) in [5, 5.41) is 6.94. The molecule has 0 aliphatic carbocycles. The molecule has 128 valence electrons. The van der Waals surface area contributed by atoms with E-state index in [1.54, 1.807) is 24.0 Å². The molecule has 1 atom stereocenters. The van der Waals surface area contributed by atoms with Gasteiger partial charge >= 0.3 is 6.18 Å². The lowest BCUT2D eigenvalue weighted by Crippen LogP contribution is -2.48. The average Bonchev–Trinajstić information content (AvgIpc) is 2.95. The van der Waals surface area contributed by atoms with Crippen LogP contribution in [0, 0.1) is 0 Å². The molecule has 0 spiro atoms. The number of carbonyl (C=O) groups is 1. The van der Waals surface area contributed by atoms with Crippen LogP contribution in [-0.4, -0.2) is 38.2 Å². The van der Waals surface area contributed by atoms with E-state index in [0.29, 0.717) is 31.4 Å². The number of nitrogens with zero attached hydrogens (tertiary/aromatic N) is 5. The number of piperidine rings is 1. The van der Waals surface area contributed by atoms with Gasteiger partial charge in [0.2, 0.25) is 0 Å². The van der Waals surface area contributed by atoms with E-state index in [1.165, 1.54) is 11.1 Å². The van der Waals surface area contributed by atoms with Crippen LogP contribution in [0.15, 0.2) is 24.7 Å².